The number of nitrogens with zero attached hydrogens (tertiary/aromatic N) is 3. The molecule has 9 nitrogen and oxygen atoms in total. The molecule has 1 amide bonds. The zero-order valence-corrected chi connectivity index (χ0v) is 17.1. The summed E-state index contributed by atoms with van der Waals surface area (Å²) in [5.41, 5.74) is 2.86. The Kier molecular flexibility index (Phi) is 5.39. The highest BCUT2D eigenvalue weighted by atomic mass is 16.6. The van der Waals surface area contributed by atoms with Gasteiger partial charge in [-0.25, -0.2) is 14.3 Å². The minimum atomic E-state index is -0.501. The third kappa shape index (κ3) is 3.97. The van der Waals surface area contributed by atoms with Crippen LogP contribution in [0.25, 0.3) is 16.9 Å². The van der Waals surface area contributed by atoms with E-state index >= 15 is 0 Å². The molecule has 0 spiro atoms. The van der Waals surface area contributed by atoms with Crippen LogP contribution in [0.5, 0.6) is 0 Å². The average molecular weight is 432 g/mol. The molecule has 0 saturated carbocycles. The van der Waals surface area contributed by atoms with Crippen LogP contribution < -0.4 is 5.32 Å². The van der Waals surface area contributed by atoms with Crippen LogP contribution in [0.2, 0.25) is 0 Å². The van der Waals surface area contributed by atoms with E-state index in [9.17, 15) is 9.59 Å². The second-order valence-corrected chi connectivity index (χ2v) is 7.35. The van der Waals surface area contributed by atoms with Crippen LogP contribution in [0.1, 0.15) is 29.0 Å². The molecule has 1 aromatic carbocycles. The highest BCUT2D eigenvalue weighted by Gasteiger charge is 2.20. The lowest BCUT2D eigenvalue weighted by Gasteiger charge is -2.22. The van der Waals surface area contributed by atoms with Gasteiger partial charge >= 0.3 is 6.09 Å². The molecule has 9 heteroatoms. The predicted octanol–water partition coefficient (Wildman–Crippen LogP) is 3.95. The third-order valence-corrected chi connectivity index (χ3v) is 5.24. The smallest absolute Gasteiger partial charge is 0.411 e. The second-order valence-electron chi connectivity index (χ2n) is 7.35. The van der Waals surface area contributed by atoms with Gasteiger partial charge in [-0.1, -0.05) is 12.1 Å². The molecule has 32 heavy (non-hydrogen) atoms. The summed E-state index contributed by atoms with van der Waals surface area (Å²) in [6.45, 7) is 1.19. The number of ketones is 1. The maximum absolute atomic E-state index is 12.7. The number of amides is 1. The molecule has 0 unspecified atom stereocenters. The minimum absolute atomic E-state index is 0.138. The molecule has 1 fully saturated rings. The van der Waals surface area contributed by atoms with Gasteiger partial charge in [0, 0.05) is 30.3 Å². The van der Waals surface area contributed by atoms with E-state index in [4.69, 9.17) is 13.9 Å². The number of carbonyl (C=O) groups is 2. The lowest BCUT2D eigenvalue weighted by Crippen LogP contribution is -2.28. The number of rotatable bonds is 5. The van der Waals surface area contributed by atoms with Gasteiger partial charge in [0.05, 0.1) is 36.9 Å². The highest BCUT2D eigenvalue weighted by Crippen LogP contribution is 2.25. The fourth-order valence-electron chi connectivity index (χ4n) is 3.66. The Morgan fingerprint density at radius 2 is 2.00 bits per heavy atom. The van der Waals surface area contributed by atoms with Gasteiger partial charge in [-0.3, -0.25) is 10.1 Å². The quantitative estimate of drug-likeness (QED) is 0.476. The number of hydrogen-bond donors (Lipinski definition) is 1. The number of aromatic nitrogens is 3. The lowest BCUT2D eigenvalue weighted by atomic mass is 10.1. The molecule has 1 aliphatic rings. The largest absolute Gasteiger partial charge is 0.461 e. The molecule has 0 radical (unpaired) electrons. The summed E-state index contributed by atoms with van der Waals surface area (Å²) < 4.78 is 17.6. The van der Waals surface area contributed by atoms with Gasteiger partial charge in [-0.05, 0) is 30.3 Å². The number of ether oxygens (including phenoxy) is 2. The van der Waals surface area contributed by atoms with Crippen molar-refractivity contribution < 1.29 is 23.5 Å². The number of hydrogen-bond acceptors (Lipinski definition) is 7. The van der Waals surface area contributed by atoms with E-state index in [1.807, 2.05) is 18.2 Å². The first-order chi connectivity index (χ1) is 15.7. The molecule has 4 aromatic rings. The summed E-state index contributed by atoms with van der Waals surface area (Å²) in [6.07, 6.45) is 5.29. The Hall–Kier alpha value is -3.98. The summed E-state index contributed by atoms with van der Waals surface area (Å²) in [6, 6.07) is 12.4. The maximum Gasteiger partial charge on any atom is 0.411 e. The van der Waals surface area contributed by atoms with Crippen molar-refractivity contribution in [3.63, 3.8) is 0 Å². The van der Waals surface area contributed by atoms with Crippen molar-refractivity contribution in [2.75, 3.05) is 18.5 Å². The Morgan fingerprint density at radius 3 is 2.81 bits per heavy atom. The van der Waals surface area contributed by atoms with Crippen molar-refractivity contribution in [3.05, 3.63) is 72.4 Å². The number of furan rings is 1. The summed E-state index contributed by atoms with van der Waals surface area (Å²) in [5.74, 6) is -0.0673. The monoisotopic (exact) mass is 432 g/mol. The standard InChI is InChI=1S/C23H20N4O5/c28-21(20-5-2-10-31-20)18-14-25-27-19(6-9-24-22(18)27)15-3-1-4-16(13-15)26-23(29)32-17-7-11-30-12-8-17/h1-6,9-10,13-14,17H,7-8,11-12H2,(H,26,29). The molecule has 3 aromatic heterocycles. The van der Waals surface area contributed by atoms with Crippen LogP contribution in [0.4, 0.5) is 10.5 Å². The van der Waals surface area contributed by atoms with Crippen LogP contribution in [0.15, 0.2) is 65.5 Å². The Morgan fingerprint density at radius 1 is 1.12 bits per heavy atom. The zero-order chi connectivity index (χ0) is 21.9. The maximum atomic E-state index is 12.7. The van der Waals surface area contributed by atoms with E-state index in [-0.39, 0.29) is 17.6 Å². The number of benzene rings is 1. The first-order valence-electron chi connectivity index (χ1n) is 10.3. The van der Waals surface area contributed by atoms with E-state index in [0.29, 0.717) is 43.0 Å². The fourth-order valence-corrected chi connectivity index (χ4v) is 3.66. The second kappa shape index (κ2) is 8.64. The summed E-state index contributed by atoms with van der Waals surface area (Å²) in [5, 5.41) is 7.14. The molecule has 1 aliphatic heterocycles. The minimum Gasteiger partial charge on any atom is -0.461 e. The highest BCUT2D eigenvalue weighted by molar-refractivity contribution is 6.10. The number of anilines is 1. The van der Waals surface area contributed by atoms with Crippen molar-refractivity contribution in [1.29, 1.82) is 0 Å². The normalized spacial score (nSPS) is 14.4. The molecule has 0 aliphatic carbocycles. The molecular formula is C23H20N4O5. The molecule has 162 valence electrons. The molecule has 0 atom stereocenters. The first-order valence-corrected chi connectivity index (χ1v) is 10.3. The summed E-state index contributed by atoms with van der Waals surface area (Å²) in [7, 11) is 0. The number of fused-ring (bicyclic) bond motifs is 1. The van der Waals surface area contributed by atoms with E-state index in [1.54, 1.807) is 35.0 Å². The first kappa shape index (κ1) is 20.0. The molecule has 0 bridgehead atoms. The van der Waals surface area contributed by atoms with Gasteiger partial charge in [-0.2, -0.15) is 5.10 Å². The third-order valence-electron chi connectivity index (χ3n) is 5.24. The van der Waals surface area contributed by atoms with Gasteiger partial charge < -0.3 is 13.9 Å². The van der Waals surface area contributed by atoms with E-state index in [1.165, 1.54) is 12.5 Å². The van der Waals surface area contributed by atoms with E-state index in [2.05, 4.69) is 15.4 Å². The average Bonchev–Trinajstić information content (AvgIpc) is 3.50. The Bertz CT molecular complexity index is 1260. The SMILES string of the molecule is O=C(Nc1cccc(-c2ccnc3c(C(=O)c4ccco4)cnn23)c1)OC1CCOCC1. The van der Waals surface area contributed by atoms with Crippen molar-refractivity contribution in [1.82, 2.24) is 14.6 Å². The summed E-state index contributed by atoms with van der Waals surface area (Å²) in [4.78, 5) is 29.3. The summed E-state index contributed by atoms with van der Waals surface area (Å²) >= 11 is 0. The van der Waals surface area contributed by atoms with Crippen molar-refractivity contribution in [2.24, 2.45) is 0 Å². The Balaban J connectivity index is 1.39. The molecule has 1 N–H and O–H groups in total. The van der Waals surface area contributed by atoms with Gasteiger partial charge in [0.25, 0.3) is 0 Å². The predicted molar refractivity (Wildman–Crippen MR) is 115 cm³/mol. The Labute approximate surface area is 183 Å². The fraction of sp³-hybridized carbons (Fsp3) is 0.217. The molecule has 4 heterocycles. The van der Waals surface area contributed by atoms with Crippen molar-refractivity contribution in [2.45, 2.75) is 18.9 Å². The molecule has 5 rings (SSSR count). The van der Waals surface area contributed by atoms with Crippen LogP contribution in [-0.4, -0.2) is 45.8 Å². The number of carbonyl (C=O) groups excluding carboxylic acids is 2. The van der Waals surface area contributed by atoms with Crippen LogP contribution in [0.3, 0.4) is 0 Å². The van der Waals surface area contributed by atoms with Gasteiger partial charge in [0.15, 0.2) is 11.4 Å². The van der Waals surface area contributed by atoms with Gasteiger partial charge in [0.1, 0.15) is 6.10 Å². The van der Waals surface area contributed by atoms with Gasteiger partial charge in [-0.15, -0.1) is 0 Å². The topological polar surface area (TPSA) is 108 Å². The van der Waals surface area contributed by atoms with E-state index in [0.717, 1.165) is 11.3 Å². The van der Waals surface area contributed by atoms with Crippen molar-refractivity contribution >= 4 is 23.2 Å². The van der Waals surface area contributed by atoms with E-state index < -0.39 is 6.09 Å². The number of nitrogens with one attached hydrogen (secondary N) is 1. The molecular weight excluding hydrogens is 412 g/mol. The van der Waals surface area contributed by atoms with Gasteiger partial charge in [0.2, 0.25) is 5.78 Å². The zero-order valence-electron chi connectivity index (χ0n) is 17.1. The van der Waals surface area contributed by atoms with Crippen LogP contribution >= 0.6 is 0 Å². The van der Waals surface area contributed by atoms with Crippen LogP contribution in [0, 0.1) is 0 Å². The van der Waals surface area contributed by atoms with Crippen molar-refractivity contribution in [3.8, 4) is 11.3 Å². The van der Waals surface area contributed by atoms with Crippen LogP contribution in [-0.2, 0) is 9.47 Å². The lowest BCUT2D eigenvalue weighted by molar-refractivity contribution is 0.00592. The molecule has 1 saturated heterocycles.